The molecule has 0 fully saturated rings. The normalized spacial score (nSPS) is 25.3. The molecule has 5 heteroatoms. The Morgan fingerprint density at radius 3 is 3.00 bits per heavy atom. The van der Waals surface area contributed by atoms with Crippen molar-refractivity contribution in [2.75, 3.05) is 0 Å². The molecule has 1 aromatic rings. The van der Waals surface area contributed by atoms with Crippen molar-refractivity contribution in [2.24, 2.45) is 10.1 Å². The Labute approximate surface area is 82.2 Å². The van der Waals surface area contributed by atoms with Gasteiger partial charge in [-0.05, 0) is 17.5 Å². The van der Waals surface area contributed by atoms with Crippen LogP contribution in [0.1, 0.15) is 11.1 Å². The average Bonchev–Trinajstić information content (AvgIpc) is 2.00. The summed E-state index contributed by atoms with van der Waals surface area (Å²) in [6.07, 6.45) is 0. The van der Waals surface area contributed by atoms with Gasteiger partial charge in [0.05, 0.1) is 21.0 Å². The van der Waals surface area contributed by atoms with Crippen LogP contribution in [0.3, 0.4) is 0 Å². The second kappa shape index (κ2) is 2.75. The summed E-state index contributed by atoms with van der Waals surface area (Å²) in [7, 11) is -2.51. The van der Waals surface area contributed by atoms with E-state index >= 15 is 0 Å². The molecule has 4 nitrogen and oxygen atoms in total. The van der Waals surface area contributed by atoms with Crippen LogP contribution in [0.2, 0.25) is 0 Å². The fraction of sp³-hybridized carbons (Fsp3) is 0.111. The maximum Gasteiger partial charge on any atom is 0.144 e. The van der Waals surface area contributed by atoms with E-state index in [1.807, 2.05) is 0 Å². The van der Waals surface area contributed by atoms with Crippen LogP contribution in [-0.4, -0.2) is 21.0 Å². The van der Waals surface area contributed by atoms with Gasteiger partial charge in [0.1, 0.15) is 11.6 Å². The predicted octanol–water partition coefficient (Wildman–Crippen LogP) is 0.243. The standard InChI is InChI=1S/C9H10N2O2S/c1-14(13)5-6-3-2-4-7(12)8(6)9(10)11-14/h2-4,12H,1,5H2,(H2,10,11,13). The molecule has 1 aliphatic rings. The molecular weight excluding hydrogens is 200 g/mol. The van der Waals surface area contributed by atoms with Crippen LogP contribution >= 0.6 is 0 Å². The van der Waals surface area contributed by atoms with Crippen LogP contribution in [0.5, 0.6) is 5.75 Å². The van der Waals surface area contributed by atoms with Crippen LogP contribution in [0.25, 0.3) is 0 Å². The van der Waals surface area contributed by atoms with Crippen molar-refractivity contribution in [3.8, 4) is 5.75 Å². The quantitative estimate of drug-likeness (QED) is 0.602. The van der Waals surface area contributed by atoms with E-state index in [2.05, 4.69) is 10.3 Å². The highest BCUT2D eigenvalue weighted by Gasteiger charge is 2.20. The summed E-state index contributed by atoms with van der Waals surface area (Å²) in [5, 5.41) is 9.52. The van der Waals surface area contributed by atoms with E-state index in [1.54, 1.807) is 12.1 Å². The third kappa shape index (κ3) is 1.35. The summed E-state index contributed by atoms with van der Waals surface area (Å²) in [5.74, 6) is 3.89. The summed E-state index contributed by atoms with van der Waals surface area (Å²) in [4.78, 5) is 0. The topological polar surface area (TPSA) is 75.7 Å². The number of fused-ring (bicyclic) bond motifs is 1. The molecule has 1 atom stereocenters. The number of benzene rings is 1. The Kier molecular flexibility index (Phi) is 1.78. The molecule has 0 spiro atoms. The van der Waals surface area contributed by atoms with Gasteiger partial charge >= 0.3 is 0 Å². The number of nitrogens with zero attached hydrogens (tertiary/aromatic N) is 1. The zero-order chi connectivity index (χ0) is 10.3. The lowest BCUT2D eigenvalue weighted by molar-refractivity contribution is 0.473. The van der Waals surface area contributed by atoms with Gasteiger partial charge < -0.3 is 10.8 Å². The lowest BCUT2D eigenvalue weighted by Gasteiger charge is -2.17. The van der Waals surface area contributed by atoms with Crippen molar-refractivity contribution in [1.82, 2.24) is 0 Å². The third-order valence-corrected chi connectivity index (χ3v) is 3.32. The van der Waals surface area contributed by atoms with Crippen LogP contribution in [0, 0.1) is 0 Å². The number of aromatic hydroxyl groups is 1. The van der Waals surface area contributed by atoms with E-state index in [4.69, 9.17) is 5.73 Å². The number of phenols is 1. The van der Waals surface area contributed by atoms with Crippen LogP contribution in [-0.2, 0) is 15.5 Å². The van der Waals surface area contributed by atoms with E-state index in [-0.39, 0.29) is 17.3 Å². The zero-order valence-electron chi connectivity index (χ0n) is 7.43. The van der Waals surface area contributed by atoms with Crippen molar-refractivity contribution < 1.29 is 9.32 Å². The SMILES string of the molecule is C=S1(=O)Cc2cccc(O)c2C(N)=N1. The summed E-state index contributed by atoms with van der Waals surface area (Å²) in [6.45, 7) is 0. The van der Waals surface area contributed by atoms with Crippen LogP contribution in [0.15, 0.2) is 22.6 Å². The number of nitrogens with two attached hydrogens (primary N) is 1. The highest BCUT2D eigenvalue weighted by molar-refractivity contribution is 7.98. The highest BCUT2D eigenvalue weighted by Crippen LogP contribution is 2.26. The molecule has 1 unspecified atom stereocenters. The number of rotatable bonds is 0. The molecule has 14 heavy (non-hydrogen) atoms. The van der Waals surface area contributed by atoms with E-state index in [0.717, 1.165) is 5.56 Å². The third-order valence-electron chi connectivity index (χ3n) is 2.03. The number of hydrogen-bond donors (Lipinski definition) is 2. The van der Waals surface area contributed by atoms with Gasteiger partial charge in [-0.3, -0.25) is 0 Å². The first kappa shape index (κ1) is 9.08. The average molecular weight is 210 g/mol. The van der Waals surface area contributed by atoms with Crippen molar-refractivity contribution in [3.63, 3.8) is 0 Å². The molecule has 74 valence electrons. The highest BCUT2D eigenvalue weighted by atomic mass is 32.2. The second-order valence-corrected chi connectivity index (χ2v) is 5.22. The summed E-state index contributed by atoms with van der Waals surface area (Å²) in [5.41, 5.74) is 6.81. The molecular formula is C9H10N2O2S. The van der Waals surface area contributed by atoms with Crippen molar-refractivity contribution >= 4 is 21.4 Å². The lowest BCUT2D eigenvalue weighted by Crippen LogP contribution is -2.23. The fourth-order valence-electron chi connectivity index (χ4n) is 1.50. The minimum absolute atomic E-state index is 0.0682. The smallest absolute Gasteiger partial charge is 0.144 e. The molecule has 1 heterocycles. The Bertz CT molecular complexity index is 518. The summed E-state index contributed by atoms with van der Waals surface area (Å²) in [6, 6.07) is 4.97. The van der Waals surface area contributed by atoms with Gasteiger partial charge in [0.25, 0.3) is 0 Å². The number of phenolic OH excluding ortho intramolecular Hbond substituents is 1. The van der Waals surface area contributed by atoms with Crippen LogP contribution in [0.4, 0.5) is 0 Å². The summed E-state index contributed by atoms with van der Waals surface area (Å²) < 4.78 is 15.4. The Hall–Kier alpha value is -1.49. The van der Waals surface area contributed by atoms with E-state index in [9.17, 15) is 9.32 Å². The first-order valence-corrected chi connectivity index (χ1v) is 5.86. The first-order valence-electron chi connectivity index (χ1n) is 4.01. The van der Waals surface area contributed by atoms with Gasteiger partial charge in [0.2, 0.25) is 0 Å². The van der Waals surface area contributed by atoms with Crippen molar-refractivity contribution in [1.29, 1.82) is 0 Å². The van der Waals surface area contributed by atoms with E-state index < -0.39 is 9.71 Å². The van der Waals surface area contributed by atoms with Gasteiger partial charge in [0.15, 0.2) is 0 Å². The number of hydrogen-bond acceptors (Lipinski definition) is 3. The molecule has 1 aromatic carbocycles. The monoisotopic (exact) mass is 210 g/mol. The maximum absolute atomic E-state index is 11.6. The number of amidine groups is 1. The van der Waals surface area contributed by atoms with Gasteiger partial charge in [-0.25, -0.2) is 4.21 Å². The first-order chi connectivity index (χ1) is 6.49. The van der Waals surface area contributed by atoms with Gasteiger partial charge in [0, 0.05) is 0 Å². The second-order valence-electron chi connectivity index (χ2n) is 3.20. The lowest BCUT2D eigenvalue weighted by atomic mass is 10.1. The zero-order valence-corrected chi connectivity index (χ0v) is 8.25. The minimum atomic E-state index is -2.51. The Morgan fingerprint density at radius 2 is 2.29 bits per heavy atom. The Balaban J connectivity index is 2.74. The van der Waals surface area contributed by atoms with Crippen molar-refractivity contribution in [3.05, 3.63) is 29.3 Å². The largest absolute Gasteiger partial charge is 0.507 e. The van der Waals surface area contributed by atoms with E-state index in [1.165, 1.54) is 6.07 Å². The molecule has 1 aliphatic heterocycles. The van der Waals surface area contributed by atoms with Crippen molar-refractivity contribution in [2.45, 2.75) is 5.75 Å². The molecule has 2 rings (SSSR count). The fourth-order valence-corrected chi connectivity index (χ4v) is 2.74. The molecule has 3 N–H and O–H groups in total. The molecule has 0 radical (unpaired) electrons. The maximum atomic E-state index is 11.6. The molecule has 0 bridgehead atoms. The molecule has 0 saturated carbocycles. The molecule has 0 aromatic heterocycles. The van der Waals surface area contributed by atoms with Gasteiger partial charge in [-0.15, -0.1) is 0 Å². The predicted molar refractivity (Wildman–Crippen MR) is 57.8 cm³/mol. The molecule has 0 aliphatic carbocycles. The summed E-state index contributed by atoms with van der Waals surface area (Å²) >= 11 is 0. The van der Waals surface area contributed by atoms with Gasteiger partial charge in [-0.1, -0.05) is 12.1 Å². The Morgan fingerprint density at radius 1 is 1.57 bits per heavy atom. The molecule has 0 amide bonds. The van der Waals surface area contributed by atoms with E-state index in [0.29, 0.717) is 5.56 Å². The molecule has 0 saturated heterocycles. The van der Waals surface area contributed by atoms with Gasteiger partial charge in [-0.2, -0.15) is 4.40 Å². The van der Waals surface area contributed by atoms with Crippen LogP contribution < -0.4 is 5.73 Å². The minimum Gasteiger partial charge on any atom is -0.507 e.